The van der Waals surface area contributed by atoms with Crippen LogP contribution in [0.5, 0.6) is 5.75 Å². The summed E-state index contributed by atoms with van der Waals surface area (Å²) in [5, 5.41) is 8.05. The molecule has 2 aromatic rings. The third kappa shape index (κ3) is 4.61. The Hall–Kier alpha value is -1.85. The number of likely N-dealkylation sites (tertiary alicyclic amines) is 1. The first-order valence-corrected chi connectivity index (χ1v) is 9.31. The molecule has 1 aliphatic rings. The van der Waals surface area contributed by atoms with Crippen LogP contribution >= 0.6 is 0 Å². The molecular weight excluding hydrogens is 312 g/mol. The number of benzene rings is 1. The fraction of sp³-hybridized carbons (Fsp3) is 0.550. The third-order valence-corrected chi connectivity index (χ3v) is 4.95. The Morgan fingerprint density at radius 3 is 2.64 bits per heavy atom. The van der Waals surface area contributed by atoms with Crippen LogP contribution in [-0.2, 0) is 26.2 Å². The predicted octanol–water partition coefficient (Wildman–Crippen LogP) is 3.11. The molecule has 0 amide bonds. The van der Waals surface area contributed by atoms with E-state index in [1.54, 1.807) is 7.11 Å². The van der Waals surface area contributed by atoms with E-state index in [9.17, 15) is 0 Å². The van der Waals surface area contributed by atoms with E-state index in [1.165, 1.54) is 42.6 Å². The van der Waals surface area contributed by atoms with Crippen molar-refractivity contribution >= 4 is 0 Å². The number of aromatic nitrogens is 2. The molecule has 0 aliphatic carbocycles. The van der Waals surface area contributed by atoms with E-state index in [1.807, 2.05) is 4.68 Å². The smallest absolute Gasteiger partial charge is 0.123 e. The number of nitrogens with one attached hydrogen (secondary N) is 1. The van der Waals surface area contributed by atoms with Gasteiger partial charge in [-0.3, -0.25) is 9.58 Å². The van der Waals surface area contributed by atoms with Crippen molar-refractivity contribution in [3.63, 3.8) is 0 Å². The molecule has 0 atom stereocenters. The summed E-state index contributed by atoms with van der Waals surface area (Å²) >= 11 is 0. The first kappa shape index (κ1) is 18.0. The zero-order chi connectivity index (χ0) is 17.6. The van der Waals surface area contributed by atoms with Gasteiger partial charge in [0.15, 0.2) is 0 Å². The minimum atomic E-state index is 0.847. The van der Waals surface area contributed by atoms with Crippen molar-refractivity contribution in [3.8, 4) is 5.75 Å². The summed E-state index contributed by atoms with van der Waals surface area (Å²) in [6.07, 6.45) is 4.76. The minimum absolute atomic E-state index is 0.847. The first-order chi connectivity index (χ1) is 12.2. The highest BCUT2D eigenvalue weighted by Crippen LogP contribution is 2.23. The maximum absolute atomic E-state index is 5.56. The SMILES string of the molecule is CCn1cc(CNCc2ccc(OC)c(CN3CCCC3)c2)c(C)n1. The number of hydrogen-bond donors (Lipinski definition) is 1. The van der Waals surface area contributed by atoms with Crippen molar-refractivity contribution in [2.45, 2.75) is 52.9 Å². The lowest BCUT2D eigenvalue weighted by atomic mass is 10.1. The summed E-state index contributed by atoms with van der Waals surface area (Å²) in [7, 11) is 1.76. The standard InChI is InChI=1S/C20H30N4O/c1-4-24-15-19(16(2)22-24)13-21-12-17-7-8-20(25-3)18(11-17)14-23-9-5-6-10-23/h7-8,11,15,21H,4-6,9-10,12-14H2,1-3H3. The molecule has 1 aromatic carbocycles. The van der Waals surface area contributed by atoms with Gasteiger partial charge in [-0.2, -0.15) is 5.10 Å². The van der Waals surface area contributed by atoms with Crippen LogP contribution in [0.4, 0.5) is 0 Å². The molecule has 1 fully saturated rings. The number of methoxy groups -OCH3 is 1. The molecule has 0 radical (unpaired) electrons. The Balaban J connectivity index is 1.60. The topological polar surface area (TPSA) is 42.3 Å². The molecule has 0 spiro atoms. The Morgan fingerprint density at radius 2 is 1.96 bits per heavy atom. The second kappa shape index (κ2) is 8.50. The molecule has 2 heterocycles. The van der Waals surface area contributed by atoms with Crippen LogP contribution in [0.3, 0.4) is 0 Å². The molecule has 1 N–H and O–H groups in total. The van der Waals surface area contributed by atoms with Crippen molar-refractivity contribution in [1.82, 2.24) is 20.0 Å². The van der Waals surface area contributed by atoms with E-state index >= 15 is 0 Å². The number of hydrogen-bond acceptors (Lipinski definition) is 4. The maximum Gasteiger partial charge on any atom is 0.123 e. The molecule has 136 valence electrons. The molecule has 1 saturated heterocycles. The summed E-state index contributed by atoms with van der Waals surface area (Å²) < 4.78 is 7.55. The van der Waals surface area contributed by atoms with E-state index in [0.717, 1.165) is 37.6 Å². The van der Waals surface area contributed by atoms with E-state index < -0.39 is 0 Å². The molecular formula is C20H30N4O. The van der Waals surface area contributed by atoms with Crippen molar-refractivity contribution in [1.29, 1.82) is 0 Å². The molecule has 1 aliphatic heterocycles. The van der Waals surface area contributed by atoms with Gasteiger partial charge in [-0.25, -0.2) is 0 Å². The minimum Gasteiger partial charge on any atom is -0.496 e. The zero-order valence-electron chi connectivity index (χ0n) is 15.7. The lowest BCUT2D eigenvalue weighted by Gasteiger charge is -2.18. The second-order valence-electron chi connectivity index (χ2n) is 6.83. The van der Waals surface area contributed by atoms with Gasteiger partial charge in [0, 0.05) is 43.5 Å². The van der Waals surface area contributed by atoms with Crippen molar-refractivity contribution in [2.75, 3.05) is 20.2 Å². The Kier molecular flexibility index (Phi) is 6.10. The lowest BCUT2D eigenvalue weighted by Crippen LogP contribution is -2.19. The van der Waals surface area contributed by atoms with Gasteiger partial charge in [-0.15, -0.1) is 0 Å². The van der Waals surface area contributed by atoms with Gasteiger partial charge in [0.1, 0.15) is 5.75 Å². The maximum atomic E-state index is 5.56. The molecule has 3 rings (SSSR count). The molecule has 0 saturated carbocycles. The summed E-state index contributed by atoms with van der Waals surface area (Å²) in [6.45, 7) is 10.2. The zero-order valence-corrected chi connectivity index (χ0v) is 15.7. The summed E-state index contributed by atoms with van der Waals surface area (Å²) in [6, 6.07) is 6.54. The normalized spacial score (nSPS) is 15.0. The summed E-state index contributed by atoms with van der Waals surface area (Å²) in [5.74, 6) is 0.996. The van der Waals surface area contributed by atoms with Crippen LogP contribution in [0, 0.1) is 6.92 Å². The van der Waals surface area contributed by atoms with Crippen LogP contribution in [0.2, 0.25) is 0 Å². The van der Waals surface area contributed by atoms with Crippen molar-refractivity contribution < 1.29 is 4.74 Å². The monoisotopic (exact) mass is 342 g/mol. The van der Waals surface area contributed by atoms with Gasteiger partial charge in [-0.1, -0.05) is 6.07 Å². The quantitative estimate of drug-likeness (QED) is 0.800. The molecule has 25 heavy (non-hydrogen) atoms. The van der Waals surface area contributed by atoms with Gasteiger partial charge in [0.25, 0.3) is 0 Å². The Morgan fingerprint density at radius 1 is 1.16 bits per heavy atom. The largest absolute Gasteiger partial charge is 0.496 e. The molecule has 5 nitrogen and oxygen atoms in total. The van der Waals surface area contributed by atoms with Crippen molar-refractivity contribution in [2.24, 2.45) is 0 Å². The van der Waals surface area contributed by atoms with Crippen LogP contribution in [-0.4, -0.2) is 34.9 Å². The van der Waals surface area contributed by atoms with E-state index in [2.05, 4.69) is 53.6 Å². The van der Waals surface area contributed by atoms with E-state index in [0.29, 0.717) is 0 Å². The Bertz CT molecular complexity index is 689. The molecule has 0 bridgehead atoms. The highest BCUT2D eigenvalue weighted by atomic mass is 16.5. The van der Waals surface area contributed by atoms with Gasteiger partial charge in [0.05, 0.1) is 12.8 Å². The van der Waals surface area contributed by atoms with Crippen molar-refractivity contribution in [3.05, 3.63) is 46.8 Å². The van der Waals surface area contributed by atoms with Crippen LogP contribution in [0.1, 0.15) is 42.1 Å². The fourth-order valence-corrected chi connectivity index (χ4v) is 3.48. The fourth-order valence-electron chi connectivity index (χ4n) is 3.48. The number of nitrogens with zero attached hydrogens (tertiary/aromatic N) is 3. The summed E-state index contributed by atoms with van der Waals surface area (Å²) in [5.41, 5.74) is 4.97. The average Bonchev–Trinajstić information content (AvgIpc) is 3.25. The lowest BCUT2D eigenvalue weighted by molar-refractivity contribution is 0.320. The summed E-state index contributed by atoms with van der Waals surface area (Å²) in [4.78, 5) is 2.51. The van der Waals surface area contributed by atoms with E-state index in [-0.39, 0.29) is 0 Å². The second-order valence-corrected chi connectivity index (χ2v) is 6.83. The number of aryl methyl sites for hydroxylation is 2. The van der Waals surface area contributed by atoms with Gasteiger partial charge in [0.2, 0.25) is 0 Å². The molecule has 0 unspecified atom stereocenters. The highest BCUT2D eigenvalue weighted by Gasteiger charge is 2.14. The predicted molar refractivity (Wildman–Crippen MR) is 101 cm³/mol. The van der Waals surface area contributed by atoms with Crippen LogP contribution in [0.15, 0.2) is 24.4 Å². The first-order valence-electron chi connectivity index (χ1n) is 9.31. The van der Waals surface area contributed by atoms with Gasteiger partial charge < -0.3 is 10.1 Å². The van der Waals surface area contributed by atoms with Gasteiger partial charge in [-0.05, 0) is 57.5 Å². The highest BCUT2D eigenvalue weighted by molar-refractivity contribution is 5.37. The number of rotatable bonds is 8. The van der Waals surface area contributed by atoms with E-state index in [4.69, 9.17) is 4.74 Å². The number of ether oxygens (including phenoxy) is 1. The third-order valence-electron chi connectivity index (χ3n) is 4.95. The average molecular weight is 342 g/mol. The Labute approximate surface area is 151 Å². The van der Waals surface area contributed by atoms with Crippen LogP contribution in [0.25, 0.3) is 0 Å². The van der Waals surface area contributed by atoms with Gasteiger partial charge >= 0.3 is 0 Å². The molecule has 1 aromatic heterocycles. The van der Waals surface area contributed by atoms with Crippen LogP contribution < -0.4 is 10.1 Å². The molecule has 5 heteroatoms.